The van der Waals surface area contributed by atoms with Crippen LogP contribution in [0.5, 0.6) is 0 Å². The highest BCUT2D eigenvalue weighted by atomic mass is 16.1. The monoisotopic (exact) mass is 265 g/mol. The SMILES string of the molecule is CC(=O)Cc1cc(C)cc(-n2nc3ccccc3n2)c1. The van der Waals surface area contributed by atoms with E-state index < -0.39 is 0 Å². The predicted octanol–water partition coefficient (Wildman–Crippen LogP) is 2.86. The molecule has 0 spiro atoms. The van der Waals surface area contributed by atoms with Crippen LogP contribution in [-0.2, 0) is 11.2 Å². The summed E-state index contributed by atoms with van der Waals surface area (Å²) in [5, 5.41) is 8.93. The first-order chi connectivity index (χ1) is 9.61. The van der Waals surface area contributed by atoms with E-state index in [1.54, 1.807) is 11.7 Å². The molecule has 2 aromatic carbocycles. The van der Waals surface area contributed by atoms with Crippen LogP contribution in [0.15, 0.2) is 42.5 Å². The van der Waals surface area contributed by atoms with Gasteiger partial charge in [-0.1, -0.05) is 18.2 Å². The van der Waals surface area contributed by atoms with Gasteiger partial charge >= 0.3 is 0 Å². The quantitative estimate of drug-likeness (QED) is 0.731. The number of hydrogen-bond donors (Lipinski definition) is 0. The summed E-state index contributed by atoms with van der Waals surface area (Å²) < 4.78 is 0. The Hall–Kier alpha value is -2.49. The standard InChI is InChI=1S/C16H15N3O/c1-11-7-13(9-12(2)20)10-14(8-11)19-17-15-5-3-4-6-16(15)18-19/h3-8,10H,9H2,1-2H3. The molecule has 20 heavy (non-hydrogen) atoms. The van der Waals surface area contributed by atoms with E-state index in [0.717, 1.165) is 27.8 Å². The van der Waals surface area contributed by atoms with E-state index >= 15 is 0 Å². The van der Waals surface area contributed by atoms with Gasteiger partial charge in [0.15, 0.2) is 0 Å². The van der Waals surface area contributed by atoms with Crippen LogP contribution in [0.25, 0.3) is 16.7 Å². The van der Waals surface area contributed by atoms with Gasteiger partial charge in [-0.05, 0) is 49.2 Å². The lowest BCUT2D eigenvalue weighted by Crippen LogP contribution is -2.02. The first kappa shape index (κ1) is 12.5. The lowest BCUT2D eigenvalue weighted by Gasteiger charge is -2.05. The molecule has 0 aliphatic carbocycles. The zero-order valence-corrected chi connectivity index (χ0v) is 11.5. The van der Waals surface area contributed by atoms with Crippen molar-refractivity contribution in [3.8, 4) is 5.69 Å². The van der Waals surface area contributed by atoms with Crippen molar-refractivity contribution in [3.05, 3.63) is 53.6 Å². The summed E-state index contributed by atoms with van der Waals surface area (Å²) in [7, 11) is 0. The van der Waals surface area contributed by atoms with Crippen molar-refractivity contribution in [3.63, 3.8) is 0 Å². The second kappa shape index (κ2) is 4.89. The molecule has 1 aromatic heterocycles. The fourth-order valence-corrected chi connectivity index (χ4v) is 2.32. The lowest BCUT2D eigenvalue weighted by molar-refractivity contribution is -0.116. The van der Waals surface area contributed by atoms with Crippen molar-refractivity contribution >= 4 is 16.8 Å². The summed E-state index contributed by atoms with van der Waals surface area (Å²) in [6.45, 7) is 3.61. The second-order valence-electron chi connectivity index (χ2n) is 5.03. The zero-order chi connectivity index (χ0) is 14.1. The Kier molecular flexibility index (Phi) is 3.06. The molecule has 100 valence electrons. The highest BCUT2D eigenvalue weighted by molar-refractivity contribution is 5.78. The first-order valence-electron chi connectivity index (χ1n) is 6.54. The van der Waals surface area contributed by atoms with Gasteiger partial charge in [0.05, 0.1) is 5.69 Å². The molecule has 0 amide bonds. The third kappa shape index (κ3) is 2.45. The molecule has 4 heteroatoms. The first-order valence-corrected chi connectivity index (χ1v) is 6.54. The van der Waals surface area contributed by atoms with E-state index in [1.807, 2.05) is 49.4 Å². The Morgan fingerprint density at radius 1 is 1.10 bits per heavy atom. The minimum atomic E-state index is 0.153. The maximum Gasteiger partial charge on any atom is 0.134 e. The van der Waals surface area contributed by atoms with Crippen molar-refractivity contribution in [1.82, 2.24) is 15.0 Å². The number of aryl methyl sites for hydroxylation is 1. The minimum absolute atomic E-state index is 0.153. The van der Waals surface area contributed by atoms with Crippen LogP contribution in [0.2, 0.25) is 0 Å². The molecular weight excluding hydrogens is 250 g/mol. The summed E-state index contributed by atoms with van der Waals surface area (Å²) >= 11 is 0. The average Bonchev–Trinajstić information content (AvgIpc) is 2.80. The smallest absolute Gasteiger partial charge is 0.134 e. The molecule has 1 heterocycles. The number of Topliss-reactive ketones (excluding diaryl/α,β-unsaturated/α-hetero) is 1. The molecule has 0 unspecified atom stereocenters. The molecule has 4 nitrogen and oxygen atoms in total. The van der Waals surface area contributed by atoms with Gasteiger partial charge in [0, 0.05) is 6.42 Å². The topological polar surface area (TPSA) is 47.8 Å². The van der Waals surface area contributed by atoms with E-state index in [0.29, 0.717) is 6.42 Å². The van der Waals surface area contributed by atoms with Crippen molar-refractivity contribution in [2.45, 2.75) is 20.3 Å². The fraction of sp³-hybridized carbons (Fsp3) is 0.188. The molecule has 0 saturated carbocycles. The number of aromatic nitrogens is 3. The summed E-state index contributed by atoms with van der Waals surface area (Å²) in [4.78, 5) is 12.9. The van der Waals surface area contributed by atoms with E-state index in [9.17, 15) is 4.79 Å². The molecule has 0 aliphatic rings. The Labute approximate surface area is 117 Å². The number of fused-ring (bicyclic) bond motifs is 1. The van der Waals surface area contributed by atoms with Crippen molar-refractivity contribution in [2.75, 3.05) is 0 Å². The highest BCUT2D eigenvalue weighted by Gasteiger charge is 2.07. The maximum atomic E-state index is 11.3. The molecule has 0 saturated heterocycles. The molecule has 0 bridgehead atoms. The molecule has 0 radical (unpaired) electrons. The van der Waals surface area contributed by atoms with Gasteiger partial charge in [-0.3, -0.25) is 4.79 Å². The van der Waals surface area contributed by atoms with Crippen LogP contribution in [0.4, 0.5) is 0 Å². The van der Waals surface area contributed by atoms with Gasteiger partial charge in [-0.2, -0.15) is 4.80 Å². The molecule has 0 aliphatic heterocycles. The molecule has 3 rings (SSSR count). The molecule has 0 fully saturated rings. The van der Waals surface area contributed by atoms with Gasteiger partial charge in [-0.15, -0.1) is 10.2 Å². The summed E-state index contributed by atoms with van der Waals surface area (Å²) in [5.41, 5.74) is 4.70. The van der Waals surface area contributed by atoms with Gasteiger partial charge in [0.2, 0.25) is 0 Å². The molecule has 0 N–H and O–H groups in total. The Morgan fingerprint density at radius 2 is 1.75 bits per heavy atom. The van der Waals surface area contributed by atoms with E-state index in [4.69, 9.17) is 0 Å². The van der Waals surface area contributed by atoms with Crippen LogP contribution in [0.3, 0.4) is 0 Å². The largest absolute Gasteiger partial charge is 0.300 e. The minimum Gasteiger partial charge on any atom is -0.300 e. The summed E-state index contributed by atoms with van der Waals surface area (Å²) in [6.07, 6.45) is 0.440. The number of benzene rings is 2. The van der Waals surface area contributed by atoms with Crippen LogP contribution >= 0.6 is 0 Å². The lowest BCUT2D eigenvalue weighted by atomic mass is 10.1. The van der Waals surface area contributed by atoms with Crippen molar-refractivity contribution < 1.29 is 4.79 Å². The number of nitrogens with zero attached hydrogens (tertiary/aromatic N) is 3. The second-order valence-corrected chi connectivity index (χ2v) is 5.03. The summed E-state index contributed by atoms with van der Waals surface area (Å²) in [5.74, 6) is 0.153. The number of carbonyl (C=O) groups is 1. The number of hydrogen-bond acceptors (Lipinski definition) is 3. The Morgan fingerprint density at radius 3 is 2.35 bits per heavy atom. The van der Waals surface area contributed by atoms with Gasteiger partial charge < -0.3 is 0 Å². The maximum absolute atomic E-state index is 11.3. The third-order valence-electron chi connectivity index (χ3n) is 3.09. The predicted molar refractivity (Wildman–Crippen MR) is 78.0 cm³/mol. The van der Waals surface area contributed by atoms with E-state index in [1.165, 1.54) is 0 Å². The van der Waals surface area contributed by atoms with E-state index in [-0.39, 0.29) is 5.78 Å². The zero-order valence-electron chi connectivity index (χ0n) is 11.5. The normalized spacial score (nSPS) is 10.9. The number of ketones is 1. The van der Waals surface area contributed by atoms with Crippen LogP contribution in [0.1, 0.15) is 18.1 Å². The van der Waals surface area contributed by atoms with Crippen LogP contribution < -0.4 is 0 Å². The Balaban J connectivity index is 2.08. The van der Waals surface area contributed by atoms with E-state index in [2.05, 4.69) is 10.2 Å². The molecule has 0 atom stereocenters. The third-order valence-corrected chi connectivity index (χ3v) is 3.09. The number of carbonyl (C=O) groups excluding carboxylic acids is 1. The average molecular weight is 265 g/mol. The van der Waals surface area contributed by atoms with Crippen molar-refractivity contribution in [2.24, 2.45) is 0 Å². The molecular formula is C16H15N3O. The fourth-order valence-electron chi connectivity index (χ4n) is 2.32. The summed E-state index contributed by atoms with van der Waals surface area (Å²) in [6, 6.07) is 13.8. The Bertz CT molecular complexity index is 756. The van der Waals surface area contributed by atoms with Crippen LogP contribution in [-0.4, -0.2) is 20.8 Å². The molecule has 3 aromatic rings. The van der Waals surface area contributed by atoms with Crippen molar-refractivity contribution in [1.29, 1.82) is 0 Å². The van der Waals surface area contributed by atoms with Gasteiger partial charge in [0.25, 0.3) is 0 Å². The number of rotatable bonds is 3. The van der Waals surface area contributed by atoms with Gasteiger partial charge in [0.1, 0.15) is 16.8 Å². The van der Waals surface area contributed by atoms with Gasteiger partial charge in [-0.25, -0.2) is 0 Å². The highest BCUT2D eigenvalue weighted by Crippen LogP contribution is 2.16. The van der Waals surface area contributed by atoms with Crippen LogP contribution in [0, 0.1) is 6.92 Å².